The first kappa shape index (κ1) is 9.21. The molecule has 1 N–H and O–H groups in total. The summed E-state index contributed by atoms with van der Waals surface area (Å²) >= 11 is 0. The van der Waals surface area contributed by atoms with Crippen molar-refractivity contribution in [1.82, 2.24) is 0 Å². The van der Waals surface area contributed by atoms with Gasteiger partial charge in [-0.05, 0) is 31.6 Å². The average Bonchev–Trinajstić information content (AvgIpc) is 2.09. The summed E-state index contributed by atoms with van der Waals surface area (Å²) in [6, 6.07) is 1.62. The van der Waals surface area contributed by atoms with Gasteiger partial charge in [-0.2, -0.15) is 5.26 Å². The highest BCUT2D eigenvalue weighted by molar-refractivity contribution is 5.93. The summed E-state index contributed by atoms with van der Waals surface area (Å²) in [7, 11) is 0. The molecule has 0 aromatic heterocycles. The molecule has 0 spiro atoms. The van der Waals surface area contributed by atoms with Crippen LogP contribution >= 0.6 is 0 Å². The Labute approximate surface area is 72.0 Å². The second-order valence-corrected chi connectivity index (χ2v) is 3.41. The van der Waals surface area contributed by atoms with E-state index in [1.54, 1.807) is 6.07 Å². The van der Waals surface area contributed by atoms with Gasteiger partial charge in [-0.25, -0.2) is 0 Å². The number of ketones is 1. The number of hydrogen-bond donors (Lipinski definition) is 1. The van der Waals surface area contributed by atoms with E-state index in [0.717, 1.165) is 25.7 Å². The van der Waals surface area contributed by atoms with Gasteiger partial charge in [-0.3, -0.25) is 4.79 Å². The number of aliphatic hydroxyl groups is 1. The maximum atomic E-state index is 10.7. The molecule has 0 aliphatic heterocycles. The lowest BCUT2D eigenvalue weighted by Crippen LogP contribution is -2.19. The molecule has 0 heterocycles. The van der Waals surface area contributed by atoms with Crippen LogP contribution in [0.4, 0.5) is 0 Å². The number of nitrogens with zero attached hydrogens (tertiary/aromatic N) is 1. The summed E-state index contributed by atoms with van der Waals surface area (Å²) in [5.74, 6) is 0.0111. The zero-order valence-corrected chi connectivity index (χ0v) is 6.99. The minimum Gasteiger partial charge on any atom is -0.393 e. The highest BCUT2D eigenvalue weighted by Gasteiger charge is 2.21. The average molecular weight is 167 g/mol. The number of Topliss-reactive ketones (excluding diaryl/α,β-unsaturated/α-hetero) is 1. The monoisotopic (exact) mass is 167 g/mol. The lowest BCUT2D eigenvalue weighted by atomic mass is 9.84. The summed E-state index contributed by atoms with van der Waals surface area (Å²) in [6.45, 7) is 0. The Hall–Kier alpha value is -0.880. The first-order valence-electron chi connectivity index (χ1n) is 4.33. The number of nitriles is 1. The van der Waals surface area contributed by atoms with E-state index in [4.69, 9.17) is 10.4 Å². The van der Waals surface area contributed by atoms with Crippen molar-refractivity contribution in [3.05, 3.63) is 0 Å². The molecule has 0 aromatic rings. The summed E-state index contributed by atoms with van der Waals surface area (Å²) in [5, 5.41) is 17.4. The van der Waals surface area contributed by atoms with Gasteiger partial charge in [0.05, 0.1) is 6.10 Å². The fraction of sp³-hybridized carbons (Fsp3) is 0.778. The fourth-order valence-corrected chi connectivity index (χ4v) is 1.66. The van der Waals surface area contributed by atoms with E-state index in [1.807, 2.05) is 0 Å². The van der Waals surface area contributed by atoms with Gasteiger partial charge in [-0.1, -0.05) is 0 Å². The Morgan fingerprint density at radius 2 is 2.00 bits per heavy atom. The first-order valence-corrected chi connectivity index (χ1v) is 4.33. The van der Waals surface area contributed by atoms with Crippen LogP contribution in [0.3, 0.4) is 0 Å². The molecule has 0 amide bonds. The molecule has 3 nitrogen and oxygen atoms in total. The molecule has 1 aliphatic rings. The van der Waals surface area contributed by atoms with Crippen LogP contribution < -0.4 is 0 Å². The molecule has 1 fully saturated rings. The molecule has 1 saturated carbocycles. The van der Waals surface area contributed by atoms with E-state index in [2.05, 4.69) is 0 Å². The number of carbonyl (C=O) groups is 1. The van der Waals surface area contributed by atoms with Crippen LogP contribution in [0.15, 0.2) is 0 Å². The molecule has 12 heavy (non-hydrogen) atoms. The van der Waals surface area contributed by atoms with Crippen molar-refractivity contribution in [3.63, 3.8) is 0 Å². The third kappa shape index (κ3) is 2.63. The molecule has 3 heteroatoms. The van der Waals surface area contributed by atoms with Crippen LogP contribution in [0.1, 0.15) is 32.1 Å². The molecule has 0 atom stereocenters. The molecule has 1 rings (SSSR count). The van der Waals surface area contributed by atoms with Crippen LogP contribution in [0, 0.1) is 17.2 Å². The smallest absolute Gasteiger partial charge is 0.232 e. The van der Waals surface area contributed by atoms with Gasteiger partial charge in [0.2, 0.25) is 5.78 Å². The highest BCUT2D eigenvalue weighted by Crippen LogP contribution is 2.26. The van der Waals surface area contributed by atoms with Gasteiger partial charge < -0.3 is 5.11 Å². The first-order chi connectivity index (χ1) is 5.72. The standard InChI is InChI=1S/C9H13NO2/c10-6-9(12)5-7-1-3-8(11)4-2-7/h7-8,11H,1-5H2. The normalized spacial score (nSPS) is 29.3. The minimum absolute atomic E-state index is 0.182. The lowest BCUT2D eigenvalue weighted by Gasteiger charge is -2.23. The molecule has 0 bridgehead atoms. The van der Waals surface area contributed by atoms with Crippen molar-refractivity contribution in [2.75, 3.05) is 0 Å². The van der Waals surface area contributed by atoms with E-state index in [1.165, 1.54) is 0 Å². The largest absolute Gasteiger partial charge is 0.393 e. The predicted molar refractivity (Wildman–Crippen MR) is 43.2 cm³/mol. The van der Waals surface area contributed by atoms with Gasteiger partial charge in [0.25, 0.3) is 0 Å². The minimum atomic E-state index is -0.323. The van der Waals surface area contributed by atoms with E-state index in [0.29, 0.717) is 12.3 Å². The predicted octanol–water partition coefficient (Wildman–Crippen LogP) is 1.02. The Morgan fingerprint density at radius 1 is 1.42 bits per heavy atom. The van der Waals surface area contributed by atoms with Crippen LogP contribution in [-0.4, -0.2) is 17.0 Å². The molecule has 0 aromatic carbocycles. The highest BCUT2D eigenvalue weighted by atomic mass is 16.3. The Morgan fingerprint density at radius 3 is 2.50 bits per heavy atom. The molecule has 0 radical (unpaired) electrons. The van der Waals surface area contributed by atoms with Crippen LogP contribution in [-0.2, 0) is 4.79 Å². The molecule has 0 unspecified atom stereocenters. The van der Waals surface area contributed by atoms with E-state index >= 15 is 0 Å². The van der Waals surface area contributed by atoms with E-state index in [-0.39, 0.29) is 11.9 Å². The second-order valence-electron chi connectivity index (χ2n) is 3.41. The lowest BCUT2D eigenvalue weighted by molar-refractivity contribution is -0.115. The zero-order chi connectivity index (χ0) is 8.97. The van der Waals surface area contributed by atoms with Gasteiger partial charge in [0.1, 0.15) is 6.07 Å². The number of rotatable bonds is 2. The second kappa shape index (κ2) is 4.22. The van der Waals surface area contributed by atoms with Gasteiger partial charge in [0, 0.05) is 6.42 Å². The third-order valence-corrected chi connectivity index (χ3v) is 2.42. The van der Waals surface area contributed by atoms with Crippen molar-refractivity contribution in [2.24, 2.45) is 5.92 Å². The van der Waals surface area contributed by atoms with Gasteiger partial charge in [-0.15, -0.1) is 0 Å². The van der Waals surface area contributed by atoms with Crippen LogP contribution in [0.25, 0.3) is 0 Å². The summed E-state index contributed by atoms with van der Waals surface area (Å²) in [5.41, 5.74) is 0. The maximum absolute atomic E-state index is 10.7. The SMILES string of the molecule is N#CC(=O)CC1CCC(O)CC1. The van der Waals surface area contributed by atoms with Crippen LogP contribution in [0.2, 0.25) is 0 Å². The summed E-state index contributed by atoms with van der Waals surface area (Å²) in [6.07, 6.45) is 3.53. The van der Waals surface area contributed by atoms with E-state index < -0.39 is 0 Å². The Balaban J connectivity index is 2.27. The van der Waals surface area contributed by atoms with Gasteiger partial charge >= 0.3 is 0 Å². The topological polar surface area (TPSA) is 61.1 Å². The van der Waals surface area contributed by atoms with Crippen LogP contribution in [0.5, 0.6) is 0 Å². The summed E-state index contributed by atoms with van der Waals surface area (Å²) in [4.78, 5) is 10.7. The number of hydrogen-bond acceptors (Lipinski definition) is 3. The molecule has 0 saturated heterocycles. The molecular formula is C9H13NO2. The number of aliphatic hydroxyl groups excluding tert-OH is 1. The Bertz CT molecular complexity index is 199. The quantitative estimate of drug-likeness (QED) is 0.624. The van der Waals surface area contributed by atoms with Crippen molar-refractivity contribution < 1.29 is 9.90 Å². The molecule has 1 aliphatic carbocycles. The molecular weight excluding hydrogens is 154 g/mol. The van der Waals surface area contributed by atoms with Crippen molar-refractivity contribution in [2.45, 2.75) is 38.2 Å². The van der Waals surface area contributed by atoms with Crippen molar-refractivity contribution in [1.29, 1.82) is 5.26 Å². The van der Waals surface area contributed by atoms with Crippen molar-refractivity contribution >= 4 is 5.78 Å². The Kier molecular flexibility index (Phi) is 3.24. The maximum Gasteiger partial charge on any atom is 0.232 e. The van der Waals surface area contributed by atoms with Gasteiger partial charge in [0.15, 0.2) is 0 Å². The molecule has 66 valence electrons. The third-order valence-electron chi connectivity index (χ3n) is 2.42. The zero-order valence-electron chi connectivity index (χ0n) is 6.99. The van der Waals surface area contributed by atoms with Crippen molar-refractivity contribution in [3.8, 4) is 6.07 Å². The fourth-order valence-electron chi connectivity index (χ4n) is 1.66. The van der Waals surface area contributed by atoms with E-state index in [9.17, 15) is 4.79 Å². The number of carbonyl (C=O) groups excluding carboxylic acids is 1. The summed E-state index contributed by atoms with van der Waals surface area (Å²) < 4.78 is 0.